The van der Waals surface area contributed by atoms with E-state index in [0.29, 0.717) is 6.54 Å². The van der Waals surface area contributed by atoms with Crippen molar-refractivity contribution in [2.75, 3.05) is 11.4 Å². The number of hydrogen-bond acceptors (Lipinski definition) is 5. The first kappa shape index (κ1) is 16.6. The summed E-state index contributed by atoms with van der Waals surface area (Å²) in [7, 11) is 0. The molecule has 0 amide bonds. The Hall–Kier alpha value is -2.24. The van der Waals surface area contributed by atoms with E-state index in [2.05, 4.69) is 41.0 Å². The Kier molecular flexibility index (Phi) is 4.39. The highest BCUT2D eigenvalue weighted by molar-refractivity contribution is 5.40. The molecule has 128 valence electrons. The Morgan fingerprint density at radius 1 is 1.17 bits per heavy atom. The Balaban J connectivity index is 1.85. The van der Waals surface area contributed by atoms with Crippen LogP contribution < -0.4 is 10.5 Å². The minimum atomic E-state index is -0.0761. The molecule has 6 heteroatoms. The smallest absolute Gasteiger partial charge is 0.266 e. The van der Waals surface area contributed by atoms with Crippen LogP contribution in [-0.2, 0) is 12.0 Å². The van der Waals surface area contributed by atoms with Gasteiger partial charge < -0.3 is 4.90 Å². The monoisotopic (exact) mass is 327 g/mol. The molecule has 0 aromatic carbocycles. The fourth-order valence-corrected chi connectivity index (χ4v) is 3.05. The number of rotatable bonds is 3. The van der Waals surface area contributed by atoms with Gasteiger partial charge in [0, 0.05) is 18.0 Å². The maximum absolute atomic E-state index is 12.2. The SMILES string of the molecule is Cc1ccc(N2CCCC2Cn2nc(C(C)(C)C)ccc2=O)nn1. The predicted octanol–water partition coefficient (Wildman–Crippen LogP) is 2.31. The third-order valence-corrected chi connectivity index (χ3v) is 4.47. The first-order valence-electron chi connectivity index (χ1n) is 8.50. The molecule has 0 aliphatic carbocycles. The van der Waals surface area contributed by atoms with Crippen molar-refractivity contribution in [3.05, 3.63) is 46.0 Å². The van der Waals surface area contributed by atoms with Crippen LogP contribution in [0.4, 0.5) is 5.82 Å². The van der Waals surface area contributed by atoms with Gasteiger partial charge in [0.2, 0.25) is 0 Å². The molecule has 1 saturated heterocycles. The summed E-state index contributed by atoms with van der Waals surface area (Å²) in [6.45, 7) is 9.77. The van der Waals surface area contributed by atoms with E-state index < -0.39 is 0 Å². The molecule has 2 aromatic rings. The lowest BCUT2D eigenvalue weighted by atomic mass is 9.92. The molecule has 2 aromatic heterocycles. The van der Waals surface area contributed by atoms with E-state index in [1.54, 1.807) is 10.7 Å². The van der Waals surface area contributed by atoms with Crippen LogP contribution in [0, 0.1) is 6.92 Å². The standard InChI is InChI=1S/C18H25N5O/c1-13-7-9-16(20-19-13)22-11-5-6-14(22)12-23-17(24)10-8-15(21-23)18(2,3)4/h7-10,14H,5-6,11-12H2,1-4H3. The van der Waals surface area contributed by atoms with Crippen molar-refractivity contribution in [2.45, 2.75) is 58.5 Å². The second-order valence-corrected chi connectivity index (χ2v) is 7.51. The summed E-state index contributed by atoms with van der Waals surface area (Å²) in [6, 6.07) is 7.66. The lowest BCUT2D eigenvalue weighted by Crippen LogP contribution is -2.38. The van der Waals surface area contributed by atoms with Crippen molar-refractivity contribution in [3.63, 3.8) is 0 Å². The highest BCUT2D eigenvalue weighted by Crippen LogP contribution is 2.24. The highest BCUT2D eigenvalue weighted by atomic mass is 16.1. The van der Waals surface area contributed by atoms with Crippen molar-refractivity contribution in [3.8, 4) is 0 Å². The van der Waals surface area contributed by atoms with Crippen LogP contribution in [0.2, 0.25) is 0 Å². The molecule has 1 aliphatic rings. The Morgan fingerprint density at radius 3 is 2.62 bits per heavy atom. The maximum Gasteiger partial charge on any atom is 0.266 e. The van der Waals surface area contributed by atoms with E-state index >= 15 is 0 Å². The molecule has 1 fully saturated rings. The van der Waals surface area contributed by atoms with Crippen molar-refractivity contribution in [2.24, 2.45) is 0 Å². The molecule has 3 heterocycles. The first-order chi connectivity index (χ1) is 11.3. The number of anilines is 1. The van der Waals surface area contributed by atoms with E-state index in [1.807, 2.05) is 25.1 Å². The summed E-state index contributed by atoms with van der Waals surface area (Å²) in [5, 5.41) is 13.0. The average molecular weight is 327 g/mol. The molecule has 24 heavy (non-hydrogen) atoms. The van der Waals surface area contributed by atoms with Crippen molar-refractivity contribution in [1.29, 1.82) is 0 Å². The quantitative estimate of drug-likeness (QED) is 0.865. The first-order valence-corrected chi connectivity index (χ1v) is 8.50. The van der Waals surface area contributed by atoms with E-state index in [9.17, 15) is 4.79 Å². The van der Waals surface area contributed by atoms with Gasteiger partial charge in [0.25, 0.3) is 5.56 Å². The topological polar surface area (TPSA) is 63.9 Å². The minimum absolute atomic E-state index is 0.0511. The molecule has 0 saturated carbocycles. The zero-order valence-corrected chi connectivity index (χ0v) is 14.9. The van der Waals surface area contributed by atoms with Crippen LogP contribution in [-0.4, -0.2) is 32.6 Å². The normalized spacial score (nSPS) is 18.2. The van der Waals surface area contributed by atoms with Crippen LogP contribution in [0.5, 0.6) is 0 Å². The molecule has 0 radical (unpaired) electrons. The van der Waals surface area contributed by atoms with Gasteiger partial charge in [-0.1, -0.05) is 20.8 Å². The Labute approximate surface area is 142 Å². The van der Waals surface area contributed by atoms with E-state index in [1.165, 1.54) is 0 Å². The van der Waals surface area contributed by atoms with Gasteiger partial charge in [-0.15, -0.1) is 5.10 Å². The largest absolute Gasteiger partial charge is 0.350 e. The summed E-state index contributed by atoms with van der Waals surface area (Å²) < 4.78 is 1.60. The number of hydrogen-bond donors (Lipinski definition) is 0. The van der Waals surface area contributed by atoms with Gasteiger partial charge in [0.05, 0.1) is 24.0 Å². The molecule has 0 spiro atoms. The molecular formula is C18H25N5O. The van der Waals surface area contributed by atoms with Gasteiger partial charge in [-0.3, -0.25) is 4.79 Å². The zero-order chi connectivity index (χ0) is 17.3. The molecule has 1 aliphatic heterocycles. The summed E-state index contributed by atoms with van der Waals surface area (Å²) in [5.74, 6) is 0.878. The third-order valence-electron chi connectivity index (χ3n) is 4.47. The molecule has 1 atom stereocenters. The lowest BCUT2D eigenvalue weighted by molar-refractivity contribution is 0.456. The fraction of sp³-hybridized carbons (Fsp3) is 0.556. The molecule has 3 rings (SSSR count). The molecular weight excluding hydrogens is 302 g/mol. The van der Waals surface area contributed by atoms with Gasteiger partial charge in [0.1, 0.15) is 0 Å². The second kappa shape index (κ2) is 6.34. The fourth-order valence-electron chi connectivity index (χ4n) is 3.05. The van der Waals surface area contributed by atoms with E-state index in [0.717, 1.165) is 36.6 Å². The summed E-state index contributed by atoms with van der Waals surface area (Å²) in [5.41, 5.74) is 1.71. The third kappa shape index (κ3) is 3.47. The van der Waals surface area contributed by atoms with Crippen LogP contribution in [0.1, 0.15) is 45.0 Å². The van der Waals surface area contributed by atoms with E-state index in [4.69, 9.17) is 0 Å². The van der Waals surface area contributed by atoms with Crippen LogP contribution in [0.25, 0.3) is 0 Å². The van der Waals surface area contributed by atoms with Crippen molar-refractivity contribution < 1.29 is 0 Å². The van der Waals surface area contributed by atoms with Gasteiger partial charge in [-0.05, 0) is 38.0 Å². The van der Waals surface area contributed by atoms with Crippen LogP contribution >= 0.6 is 0 Å². The number of aromatic nitrogens is 4. The summed E-state index contributed by atoms with van der Waals surface area (Å²) in [6.07, 6.45) is 2.12. The predicted molar refractivity (Wildman–Crippen MR) is 94.3 cm³/mol. The van der Waals surface area contributed by atoms with Gasteiger partial charge >= 0.3 is 0 Å². The van der Waals surface area contributed by atoms with Gasteiger partial charge in [-0.2, -0.15) is 10.2 Å². The highest BCUT2D eigenvalue weighted by Gasteiger charge is 2.27. The summed E-state index contributed by atoms with van der Waals surface area (Å²) in [4.78, 5) is 14.5. The molecule has 1 unspecified atom stereocenters. The molecule has 0 bridgehead atoms. The molecule has 6 nitrogen and oxygen atoms in total. The lowest BCUT2D eigenvalue weighted by Gasteiger charge is -2.26. The van der Waals surface area contributed by atoms with Crippen molar-refractivity contribution >= 4 is 5.82 Å². The van der Waals surface area contributed by atoms with Crippen LogP contribution in [0.15, 0.2) is 29.1 Å². The summed E-state index contributed by atoms with van der Waals surface area (Å²) >= 11 is 0. The van der Waals surface area contributed by atoms with Gasteiger partial charge in [0.15, 0.2) is 5.82 Å². The Morgan fingerprint density at radius 2 is 1.96 bits per heavy atom. The maximum atomic E-state index is 12.2. The van der Waals surface area contributed by atoms with Gasteiger partial charge in [-0.25, -0.2) is 4.68 Å². The van der Waals surface area contributed by atoms with Crippen molar-refractivity contribution in [1.82, 2.24) is 20.0 Å². The average Bonchev–Trinajstić information content (AvgIpc) is 2.97. The molecule has 0 N–H and O–H groups in total. The second-order valence-electron chi connectivity index (χ2n) is 7.51. The number of nitrogens with zero attached hydrogens (tertiary/aromatic N) is 5. The Bertz CT molecular complexity index is 760. The van der Waals surface area contributed by atoms with E-state index in [-0.39, 0.29) is 17.0 Å². The zero-order valence-electron chi connectivity index (χ0n) is 14.9. The van der Waals surface area contributed by atoms with Crippen LogP contribution in [0.3, 0.4) is 0 Å². The number of aryl methyl sites for hydroxylation is 1. The minimum Gasteiger partial charge on any atom is -0.350 e.